The summed E-state index contributed by atoms with van der Waals surface area (Å²) in [4.78, 5) is 0. The summed E-state index contributed by atoms with van der Waals surface area (Å²) in [6, 6.07) is 17.9. The Hall–Kier alpha value is -1.76. The van der Waals surface area contributed by atoms with Crippen molar-refractivity contribution < 1.29 is 5.11 Å². The van der Waals surface area contributed by atoms with Gasteiger partial charge in [-0.1, -0.05) is 49.4 Å². The Morgan fingerprint density at radius 2 is 1.59 bits per heavy atom. The standard InChI is InChI=1S/C16H17O/c1-2-14(15-6-4-3-5-7-15)12-13-8-10-16(17)11-9-13/h3-11,17H,2,12H2,1H3. The van der Waals surface area contributed by atoms with Gasteiger partial charge in [0, 0.05) is 5.92 Å². The summed E-state index contributed by atoms with van der Waals surface area (Å²) in [5.41, 5.74) is 2.55. The van der Waals surface area contributed by atoms with Crippen LogP contribution in [0.1, 0.15) is 24.5 Å². The fourth-order valence-corrected chi connectivity index (χ4v) is 1.97. The lowest BCUT2D eigenvalue weighted by Gasteiger charge is -2.14. The predicted molar refractivity (Wildman–Crippen MR) is 70.9 cm³/mol. The zero-order valence-corrected chi connectivity index (χ0v) is 10.1. The summed E-state index contributed by atoms with van der Waals surface area (Å²) < 4.78 is 0. The lowest BCUT2D eigenvalue weighted by atomic mass is 9.90. The molecular formula is C16H17O. The van der Waals surface area contributed by atoms with Crippen molar-refractivity contribution in [2.45, 2.75) is 19.8 Å². The van der Waals surface area contributed by atoms with Gasteiger partial charge in [-0.25, -0.2) is 0 Å². The molecule has 1 heteroatoms. The average Bonchev–Trinajstić information content (AvgIpc) is 2.39. The minimum atomic E-state index is 0.325. The Kier molecular flexibility index (Phi) is 3.81. The van der Waals surface area contributed by atoms with Gasteiger partial charge in [0.1, 0.15) is 5.75 Å². The van der Waals surface area contributed by atoms with Crippen LogP contribution in [-0.2, 0) is 6.42 Å². The molecule has 1 nitrogen and oxygen atoms in total. The highest BCUT2D eigenvalue weighted by molar-refractivity contribution is 5.35. The molecule has 1 N–H and O–H groups in total. The molecule has 0 saturated carbocycles. The highest BCUT2D eigenvalue weighted by atomic mass is 16.3. The van der Waals surface area contributed by atoms with Crippen molar-refractivity contribution in [1.29, 1.82) is 0 Å². The molecule has 0 amide bonds. The van der Waals surface area contributed by atoms with Gasteiger partial charge < -0.3 is 5.11 Å². The van der Waals surface area contributed by atoms with Gasteiger partial charge in [-0.3, -0.25) is 0 Å². The third-order valence-electron chi connectivity index (χ3n) is 2.96. The lowest BCUT2D eigenvalue weighted by Crippen LogP contribution is -2.02. The number of benzene rings is 2. The van der Waals surface area contributed by atoms with E-state index in [4.69, 9.17) is 0 Å². The Labute approximate surface area is 103 Å². The highest BCUT2D eigenvalue weighted by Crippen LogP contribution is 2.23. The Morgan fingerprint density at radius 3 is 2.18 bits per heavy atom. The normalized spacial score (nSPS) is 10.7. The molecule has 0 heterocycles. The van der Waals surface area contributed by atoms with Crippen LogP contribution < -0.4 is 0 Å². The molecule has 0 aliphatic carbocycles. The van der Waals surface area contributed by atoms with E-state index >= 15 is 0 Å². The molecule has 1 radical (unpaired) electrons. The van der Waals surface area contributed by atoms with Gasteiger partial charge in [-0.2, -0.15) is 0 Å². The quantitative estimate of drug-likeness (QED) is 0.834. The van der Waals surface area contributed by atoms with Crippen LogP contribution in [0.3, 0.4) is 0 Å². The summed E-state index contributed by atoms with van der Waals surface area (Å²) in [6.07, 6.45) is 1.99. The summed E-state index contributed by atoms with van der Waals surface area (Å²) in [7, 11) is 0. The van der Waals surface area contributed by atoms with Crippen LogP contribution in [-0.4, -0.2) is 5.11 Å². The van der Waals surface area contributed by atoms with Gasteiger partial charge in [-0.05, 0) is 36.1 Å². The van der Waals surface area contributed by atoms with E-state index in [-0.39, 0.29) is 0 Å². The molecule has 0 fully saturated rings. The number of phenolic OH excluding ortho intramolecular Hbond substituents is 1. The smallest absolute Gasteiger partial charge is 0.115 e. The third kappa shape index (κ3) is 3.10. The molecule has 0 unspecified atom stereocenters. The molecule has 2 rings (SSSR count). The molecule has 2 aromatic rings. The lowest BCUT2D eigenvalue weighted by molar-refractivity contribution is 0.475. The first kappa shape index (κ1) is 11.7. The molecule has 17 heavy (non-hydrogen) atoms. The largest absolute Gasteiger partial charge is 0.508 e. The maximum Gasteiger partial charge on any atom is 0.115 e. The topological polar surface area (TPSA) is 20.2 Å². The van der Waals surface area contributed by atoms with E-state index in [1.54, 1.807) is 12.1 Å². The number of rotatable bonds is 4. The number of phenols is 1. The molecule has 2 aromatic carbocycles. The van der Waals surface area contributed by atoms with Crippen LogP contribution in [0.15, 0.2) is 54.6 Å². The SMILES string of the molecule is CC[C](Cc1ccc(O)cc1)c1ccccc1. The average molecular weight is 225 g/mol. The van der Waals surface area contributed by atoms with Crippen molar-refractivity contribution >= 4 is 0 Å². The van der Waals surface area contributed by atoms with Crippen molar-refractivity contribution in [3.63, 3.8) is 0 Å². The van der Waals surface area contributed by atoms with Gasteiger partial charge >= 0.3 is 0 Å². The van der Waals surface area contributed by atoms with Crippen LogP contribution in [0.4, 0.5) is 0 Å². The fourth-order valence-electron chi connectivity index (χ4n) is 1.97. The maximum absolute atomic E-state index is 9.26. The Bertz CT molecular complexity index is 445. The van der Waals surface area contributed by atoms with E-state index in [1.165, 1.54) is 17.0 Å². The Balaban J connectivity index is 2.13. The summed E-state index contributed by atoms with van der Waals surface area (Å²) in [6.45, 7) is 2.18. The number of aromatic hydroxyl groups is 1. The van der Waals surface area contributed by atoms with Crippen LogP contribution >= 0.6 is 0 Å². The summed E-state index contributed by atoms with van der Waals surface area (Å²) in [5, 5.41) is 9.26. The van der Waals surface area contributed by atoms with Gasteiger partial charge in [0.15, 0.2) is 0 Å². The molecule has 0 bridgehead atoms. The zero-order chi connectivity index (χ0) is 12.1. The zero-order valence-electron chi connectivity index (χ0n) is 10.1. The second-order valence-electron chi connectivity index (χ2n) is 4.17. The second-order valence-corrected chi connectivity index (χ2v) is 4.17. The fraction of sp³-hybridized carbons (Fsp3) is 0.188. The van der Waals surface area contributed by atoms with E-state index in [9.17, 15) is 5.11 Å². The van der Waals surface area contributed by atoms with Gasteiger partial charge in [0.2, 0.25) is 0 Å². The first-order valence-electron chi connectivity index (χ1n) is 5.97. The first-order valence-corrected chi connectivity index (χ1v) is 5.97. The van der Waals surface area contributed by atoms with E-state index in [0.29, 0.717) is 5.75 Å². The molecule has 0 aliphatic heterocycles. The molecule has 0 aliphatic rings. The molecule has 0 spiro atoms. The molecule has 87 valence electrons. The molecule has 0 aromatic heterocycles. The van der Waals surface area contributed by atoms with Crippen LogP contribution in [0.2, 0.25) is 0 Å². The summed E-state index contributed by atoms with van der Waals surface area (Å²) >= 11 is 0. The maximum atomic E-state index is 9.26. The minimum absolute atomic E-state index is 0.325. The van der Waals surface area contributed by atoms with Crippen LogP contribution in [0.25, 0.3) is 0 Å². The van der Waals surface area contributed by atoms with E-state index < -0.39 is 0 Å². The van der Waals surface area contributed by atoms with Crippen LogP contribution in [0.5, 0.6) is 5.75 Å². The Morgan fingerprint density at radius 1 is 0.941 bits per heavy atom. The minimum Gasteiger partial charge on any atom is -0.508 e. The van der Waals surface area contributed by atoms with E-state index in [1.807, 2.05) is 18.2 Å². The summed E-state index contributed by atoms with van der Waals surface area (Å²) in [5.74, 6) is 1.75. The molecule has 0 atom stereocenters. The van der Waals surface area contributed by atoms with Gasteiger partial charge in [0.05, 0.1) is 0 Å². The molecule has 0 saturated heterocycles. The molecular weight excluding hydrogens is 208 g/mol. The monoisotopic (exact) mass is 225 g/mol. The second kappa shape index (κ2) is 5.53. The van der Waals surface area contributed by atoms with Gasteiger partial charge in [0.25, 0.3) is 0 Å². The van der Waals surface area contributed by atoms with Crippen molar-refractivity contribution in [3.05, 3.63) is 71.6 Å². The van der Waals surface area contributed by atoms with Crippen molar-refractivity contribution in [1.82, 2.24) is 0 Å². The van der Waals surface area contributed by atoms with E-state index in [2.05, 4.69) is 31.2 Å². The predicted octanol–water partition coefficient (Wildman–Crippen LogP) is 3.97. The van der Waals surface area contributed by atoms with E-state index in [0.717, 1.165) is 12.8 Å². The van der Waals surface area contributed by atoms with Gasteiger partial charge in [-0.15, -0.1) is 0 Å². The number of hydrogen-bond acceptors (Lipinski definition) is 1. The highest BCUT2D eigenvalue weighted by Gasteiger charge is 2.10. The van der Waals surface area contributed by atoms with Crippen molar-refractivity contribution in [2.24, 2.45) is 0 Å². The van der Waals surface area contributed by atoms with Crippen molar-refractivity contribution in [3.8, 4) is 5.75 Å². The number of hydrogen-bond donors (Lipinski definition) is 1. The first-order chi connectivity index (χ1) is 8.29. The third-order valence-corrected chi connectivity index (χ3v) is 2.96. The van der Waals surface area contributed by atoms with Crippen molar-refractivity contribution in [2.75, 3.05) is 0 Å². The van der Waals surface area contributed by atoms with Crippen LogP contribution in [0, 0.1) is 5.92 Å².